The monoisotopic (exact) mass is 664 g/mol. The van der Waals surface area contributed by atoms with Crippen LogP contribution in [0.4, 0.5) is 0 Å². The first-order valence-electron chi connectivity index (χ1n) is 18.9. The molecule has 0 heteroatoms. The van der Waals surface area contributed by atoms with Crippen molar-refractivity contribution in [1.82, 2.24) is 0 Å². The number of hydrogen-bond acceptors (Lipinski definition) is 0. The summed E-state index contributed by atoms with van der Waals surface area (Å²) < 4.78 is 0. The second-order valence-electron chi connectivity index (χ2n) is 14.5. The minimum Gasteiger partial charge on any atom is -0.0842 e. The number of rotatable bonds is 5. The third-order valence-corrected chi connectivity index (χ3v) is 11.5. The lowest BCUT2D eigenvalue weighted by Crippen LogP contribution is -2.34. The summed E-state index contributed by atoms with van der Waals surface area (Å²) >= 11 is 0. The second kappa shape index (κ2) is 13.0. The quantitative estimate of drug-likeness (QED) is 0.161. The summed E-state index contributed by atoms with van der Waals surface area (Å²) in [5, 5.41) is 10.8. The van der Waals surface area contributed by atoms with Crippen molar-refractivity contribution in [2.75, 3.05) is 0 Å². The summed E-state index contributed by atoms with van der Waals surface area (Å²) in [4.78, 5) is 0. The molecule has 7 aromatic carbocycles. The summed E-state index contributed by atoms with van der Waals surface area (Å²) in [5.74, 6) is 0.254. The average molecular weight is 665 g/mol. The maximum atomic E-state index is 2.60. The smallest absolute Gasteiger partial charge is 0.00624 e. The van der Waals surface area contributed by atoms with Crippen molar-refractivity contribution in [3.05, 3.63) is 191 Å². The van der Waals surface area contributed by atoms with Gasteiger partial charge in [-0.25, -0.2) is 0 Å². The third-order valence-electron chi connectivity index (χ3n) is 11.5. The van der Waals surface area contributed by atoms with Crippen LogP contribution in [0.5, 0.6) is 0 Å². The summed E-state index contributed by atoms with van der Waals surface area (Å²) in [6, 6.07) is 47.6. The van der Waals surface area contributed by atoms with Gasteiger partial charge in [-0.05, 0) is 131 Å². The van der Waals surface area contributed by atoms with Crippen LogP contribution in [0, 0.1) is 0 Å². The summed E-state index contributed by atoms with van der Waals surface area (Å²) in [6.45, 7) is 0. The third kappa shape index (κ3) is 5.13. The highest BCUT2D eigenvalue weighted by Gasteiger charge is 2.23. The Labute approximate surface area is 305 Å². The molecule has 3 aliphatic carbocycles. The molecule has 0 fully saturated rings. The van der Waals surface area contributed by atoms with Gasteiger partial charge < -0.3 is 0 Å². The second-order valence-corrected chi connectivity index (χ2v) is 14.5. The number of benzene rings is 7. The highest BCUT2D eigenvalue weighted by molar-refractivity contribution is 6.19. The first kappa shape index (κ1) is 30.8. The molecule has 0 nitrogen and oxygen atoms in total. The molecule has 0 N–H and O–H groups in total. The molecule has 0 saturated heterocycles. The van der Waals surface area contributed by atoms with Crippen molar-refractivity contribution >= 4 is 55.6 Å². The van der Waals surface area contributed by atoms with Crippen molar-refractivity contribution < 1.29 is 0 Å². The van der Waals surface area contributed by atoms with Crippen LogP contribution in [0.15, 0.2) is 164 Å². The van der Waals surface area contributed by atoms with Gasteiger partial charge in [-0.15, -0.1) is 0 Å². The summed E-state index contributed by atoms with van der Waals surface area (Å²) in [6.07, 6.45) is 24.2. The van der Waals surface area contributed by atoms with Crippen LogP contribution in [-0.2, 0) is 0 Å². The van der Waals surface area contributed by atoms with Gasteiger partial charge in [0.25, 0.3) is 0 Å². The molecule has 248 valence electrons. The molecule has 0 heterocycles. The van der Waals surface area contributed by atoms with E-state index in [0.29, 0.717) is 0 Å². The topological polar surface area (TPSA) is 0 Å². The van der Waals surface area contributed by atoms with Crippen molar-refractivity contribution in [2.24, 2.45) is 0 Å². The van der Waals surface area contributed by atoms with E-state index in [4.69, 9.17) is 0 Å². The zero-order valence-electron chi connectivity index (χ0n) is 29.4. The Bertz CT molecular complexity index is 2790. The molecule has 7 aromatic rings. The zero-order chi connectivity index (χ0) is 34.4. The van der Waals surface area contributed by atoms with Gasteiger partial charge >= 0.3 is 0 Å². The van der Waals surface area contributed by atoms with Gasteiger partial charge in [0, 0.05) is 5.92 Å². The molecule has 0 bridgehead atoms. The van der Waals surface area contributed by atoms with Crippen molar-refractivity contribution in [1.29, 1.82) is 0 Å². The molecular formula is C52H40. The highest BCUT2D eigenvalue weighted by atomic mass is 14.3. The predicted molar refractivity (Wildman–Crippen MR) is 225 cm³/mol. The van der Waals surface area contributed by atoms with Crippen LogP contribution in [0.25, 0.3) is 77.9 Å². The lowest BCUT2D eigenvalue weighted by molar-refractivity contribution is 0.923. The number of hydrogen-bond donors (Lipinski definition) is 0. The molecule has 0 radical (unpaired) electrons. The molecule has 52 heavy (non-hydrogen) atoms. The maximum Gasteiger partial charge on any atom is 0.00624 e. The van der Waals surface area contributed by atoms with E-state index in [2.05, 4.69) is 176 Å². The standard InChI is InChI=1S/C52H40/c1-5-17-35(18-6-1)49-41-25-13-15-27-43(41)51(37-21-9-3-10-22-37)47-33-39(29-31-45(47)49)40-30-32-46-48(34-40)52(38-23-11-4-12-24-38)44-28-16-14-26-42(44)50(46)36-19-7-2-8-20-36/h1-5,7,9-17,19,21-29,31-34,40H,6,8,18,20,30H2. The van der Waals surface area contributed by atoms with E-state index >= 15 is 0 Å². The van der Waals surface area contributed by atoms with Crippen LogP contribution >= 0.6 is 0 Å². The van der Waals surface area contributed by atoms with E-state index in [1.807, 2.05) is 0 Å². The first-order valence-corrected chi connectivity index (χ1v) is 18.9. The minimum absolute atomic E-state index is 0.254. The molecule has 0 amide bonds. The van der Waals surface area contributed by atoms with Gasteiger partial charge in [0.15, 0.2) is 0 Å². The Kier molecular flexibility index (Phi) is 7.68. The minimum atomic E-state index is 0.254. The van der Waals surface area contributed by atoms with Crippen LogP contribution in [-0.4, -0.2) is 0 Å². The van der Waals surface area contributed by atoms with Crippen LogP contribution in [0.1, 0.15) is 54.7 Å². The highest BCUT2D eigenvalue weighted by Crippen LogP contribution is 2.44. The van der Waals surface area contributed by atoms with E-state index < -0.39 is 0 Å². The Balaban J connectivity index is 1.26. The normalized spacial score (nSPS) is 16.7. The molecule has 10 rings (SSSR count). The van der Waals surface area contributed by atoms with Gasteiger partial charge in [-0.3, -0.25) is 0 Å². The lowest BCUT2D eigenvalue weighted by atomic mass is 9.80. The Hall–Kier alpha value is -5.98. The van der Waals surface area contributed by atoms with E-state index in [9.17, 15) is 0 Å². The molecule has 1 unspecified atom stereocenters. The molecule has 1 atom stereocenters. The maximum absolute atomic E-state index is 2.60. The summed E-state index contributed by atoms with van der Waals surface area (Å²) in [7, 11) is 0. The Morgan fingerprint density at radius 2 is 0.942 bits per heavy atom. The molecule has 0 saturated carbocycles. The van der Waals surface area contributed by atoms with Gasteiger partial charge in [-0.2, -0.15) is 0 Å². The van der Waals surface area contributed by atoms with E-state index in [0.717, 1.165) is 32.1 Å². The van der Waals surface area contributed by atoms with E-state index in [-0.39, 0.29) is 5.92 Å². The van der Waals surface area contributed by atoms with Crippen molar-refractivity contribution in [3.8, 4) is 22.3 Å². The molecule has 0 spiro atoms. The lowest BCUT2D eigenvalue weighted by Gasteiger charge is -2.24. The van der Waals surface area contributed by atoms with Gasteiger partial charge in [0.1, 0.15) is 0 Å². The SMILES string of the molecule is C1=CCCC(c2c3c(c(-c4ccccc4)c4ccccc24)=CC(c2ccc4c(C5=CC=CCC5)c5ccccc5c(-c5ccccc5)c4c2)CC=3)=C1. The predicted octanol–water partition coefficient (Wildman–Crippen LogP) is 12.7. The fourth-order valence-corrected chi connectivity index (χ4v) is 9.18. The number of allylic oxidation sites excluding steroid dienone is 8. The molecule has 0 aliphatic heterocycles. The van der Waals surface area contributed by atoms with Crippen molar-refractivity contribution in [2.45, 2.75) is 38.0 Å². The molecular weight excluding hydrogens is 625 g/mol. The van der Waals surface area contributed by atoms with Crippen LogP contribution in [0.2, 0.25) is 0 Å². The molecule has 0 aromatic heterocycles. The average Bonchev–Trinajstić information content (AvgIpc) is 3.22. The molecule has 3 aliphatic rings. The van der Waals surface area contributed by atoms with Gasteiger partial charge in [0.2, 0.25) is 0 Å². The first-order chi connectivity index (χ1) is 25.8. The zero-order valence-corrected chi connectivity index (χ0v) is 29.4. The number of fused-ring (bicyclic) bond motifs is 4. The Morgan fingerprint density at radius 3 is 1.56 bits per heavy atom. The van der Waals surface area contributed by atoms with Crippen LogP contribution in [0.3, 0.4) is 0 Å². The Morgan fingerprint density at radius 1 is 0.423 bits per heavy atom. The summed E-state index contributed by atoms with van der Waals surface area (Å²) in [5.41, 5.74) is 12.3. The van der Waals surface area contributed by atoms with Crippen LogP contribution < -0.4 is 10.4 Å². The van der Waals surface area contributed by atoms with E-state index in [1.165, 1.54) is 92.8 Å². The van der Waals surface area contributed by atoms with E-state index in [1.54, 1.807) is 0 Å². The largest absolute Gasteiger partial charge is 0.0842 e. The fourth-order valence-electron chi connectivity index (χ4n) is 9.18. The van der Waals surface area contributed by atoms with Gasteiger partial charge in [-0.1, -0.05) is 170 Å². The fraction of sp³-hybridized carbons (Fsp3) is 0.115. The van der Waals surface area contributed by atoms with Gasteiger partial charge in [0.05, 0.1) is 0 Å². The van der Waals surface area contributed by atoms with Crippen molar-refractivity contribution in [3.63, 3.8) is 0 Å².